The summed E-state index contributed by atoms with van der Waals surface area (Å²) in [5.41, 5.74) is 4.89. The zero-order valence-electron chi connectivity index (χ0n) is 10.1. The van der Waals surface area contributed by atoms with Crippen LogP contribution in [0.1, 0.15) is 30.6 Å². The molecule has 0 heterocycles. The van der Waals surface area contributed by atoms with Crippen molar-refractivity contribution in [3.63, 3.8) is 0 Å². The summed E-state index contributed by atoms with van der Waals surface area (Å²) in [7, 11) is 1.58. The Labute approximate surface area is 99.2 Å². The Morgan fingerprint density at radius 2 is 2.00 bits per heavy atom. The number of anilines is 1. The van der Waals surface area contributed by atoms with E-state index in [4.69, 9.17) is 5.73 Å². The molecule has 0 aliphatic rings. The van der Waals surface area contributed by atoms with Crippen molar-refractivity contribution in [2.24, 2.45) is 0 Å². The minimum absolute atomic E-state index is 0.0202. The van der Waals surface area contributed by atoms with Gasteiger partial charge in [0, 0.05) is 19.2 Å². The fourth-order valence-corrected chi connectivity index (χ4v) is 1.39. The quantitative estimate of drug-likeness (QED) is 0.827. The molecule has 0 saturated heterocycles. The largest absolute Gasteiger partial charge is 0.396 e. The van der Waals surface area contributed by atoms with Gasteiger partial charge in [0.05, 0.1) is 11.3 Å². The van der Waals surface area contributed by atoms with Crippen LogP contribution in [0.4, 0.5) is 14.5 Å². The van der Waals surface area contributed by atoms with Gasteiger partial charge in [-0.05, 0) is 19.4 Å². The van der Waals surface area contributed by atoms with Crippen LogP contribution in [0.25, 0.3) is 0 Å². The molecule has 5 heteroatoms. The number of nitrogens with zero attached hydrogens (tertiary/aromatic N) is 1. The molecule has 0 aliphatic carbocycles. The topological polar surface area (TPSA) is 46.3 Å². The third-order valence-electron chi connectivity index (χ3n) is 2.89. The third-order valence-corrected chi connectivity index (χ3v) is 2.89. The van der Waals surface area contributed by atoms with E-state index >= 15 is 0 Å². The van der Waals surface area contributed by atoms with Crippen molar-refractivity contribution in [2.45, 2.75) is 26.3 Å². The van der Waals surface area contributed by atoms with Crippen LogP contribution in [-0.4, -0.2) is 23.9 Å². The number of amides is 1. The average molecular weight is 242 g/mol. The number of carbonyl (C=O) groups excluding carboxylic acids is 1. The lowest BCUT2D eigenvalue weighted by molar-refractivity contribution is 0.0736. The standard InChI is InChI=1S/C12H16F2N2O/c1-4-7(2)16(3)12(17)8-5-11(15)10(14)6-9(8)13/h5-7H,4,15H2,1-3H3. The zero-order valence-corrected chi connectivity index (χ0v) is 10.1. The first-order chi connectivity index (χ1) is 7.88. The highest BCUT2D eigenvalue weighted by Crippen LogP contribution is 2.19. The Kier molecular flexibility index (Phi) is 4.04. The summed E-state index contributed by atoms with van der Waals surface area (Å²) in [4.78, 5) is 13.3. The summed E-state index contributed by atoms with van der Waals surface area (Å²) in [5, 5.41) is 0. The first-order valence-electron chi connectivity index (χ1n) is 5.40. The number of hydrogen-bond donors (Lipinski definition) is 1. The molecule has 0 bridgehead atoms. The van der Waals surface area contributed by atoms with E-state index in [1.807, 2.05) is 13.8 Å². The van der Waals surface area contributed by atoms with Crippen LogP contribution in [0.15, 0.2) is 12.1 Å². The molecule has 1 aromatic rings. The minimum Gasteiger partial charge on any atom is -0.396 e. The molecule has 1 unspecified atom stereocenters. The van der Waals surface area contributed by atoms with Crippen LogP contribution in [0.3, 0.4) is 0 Å². The molecule has 0 fully saturated rings. The number of hydrogen-bond acceptors (Lipinski definition) is 2. The fourth-order valence-electron chi connectivity index (χ4n) is 1.39. The smallest absolute Gasteiger partial charge is 0.256 e. The van der Waals surface area contributed by atoms with Gasteiger partial charge in [0.1, 0.15) is 11.6 Å². The number of benzene rings is 1. The normalized spacial score (nSPS) is 12.3. The van der Waals surface area contributed by atoms with Gasteiger partial charge in [-0.2, -0.15) is 0 Å². The maximum atomic E-state index is 13.5. The van der Waals surface area contributed by atoms with Crippen LogP contribution in [-0.2, 0) is 0 Å². The van der Waals surface area contributed by atoms with E-state index in [9.17, 15) is 13.6 Å². The summed E-state index contributed by atoms with van der Waals surface area (Å²) in [6.45, 7) is 3.77. The lowest BCUT2D eigenvalue weighted by Gasteiger charge is -2.24. The Bertz CT molecular complexity index is 435. The molecule has 17 heavy (non-hydrogen) atoms. The molecule has 1 aromatic carbocycles. The van der Waals surface area contributed by atoms with Gasteiger partial charge in [0.15, 0.2) is 0 Å². The van der Waals surface area contributed by atoms with Crippen LogP contribution in [0, 0.1) is 11.6 Å². The molecule has 2 N–H and O–H groups in total. The molecule has 1 atom stereocenters. The fraction of sp³-hybridized carbons (Fsp3) is 0.417. The molecule has 1 amide bonds. The second kappa shape index (κ2) is 5.12. The molecule has 0 saturated carbocycles. The number of nitrogen functional groups attached to an aromatic ring is 1. The van der Waals surface area contributed by atoms with Crippen molar-refractivity contribution in [3.8, 4) is 0 Å². The van der Waals surface area contributed by atoms with Crippen molar-refractivity contribution < 1.29 is 13.6 Å². The van der Waals surface area contributed by atoms with Gasteiger partial charge >= 0.3 is 0 Å². The number of nitrogens with two attached hydrogens (primary N) is 1. The zero-order chi connectivity index (χ0) is 13.2. The van der Waals surface area contributed by atoms with Crippen LogP contribution < -0.4 is 5.73 Å². The highest BCUT2D eigenvalue weighted by Gasteiger charge is 2.21. The van der Waals surface area contributed by atoms with E-state index in [1.165, 1.54) is 4.90 Å². The van der Waals surface area contributed by atoms with Gasteiger partial charge in [-0.15, -0.1) is 0 Å². The van der Waals surface area contributed by atoms with Gasteiger partial charge in [0.25, 0.3) is 5.91 Å². The van der Waals surface area contributed by atoms with Gasteiger partial charge in [0.2, 0.25) is 0 Å². The summed E-state index contributed by atoms with van der Waals surface area (Å²) in [6.07, 6.45) is 0.751. The third kappa shape index (κ3) is 2.72. The molecule has 1 rings (SSSR count). The van der Waals surface area contributed by atoms with E-state index in [1.54, 1.807) is 7.05 Å². The van der Waals surface area contributed by atoms with E-state index in [-0.39, 0.29) is 17.3 Å². The van der Waals surface area contributed by atoms with E-state index in [0.717, 1.165) is 12.5 Å². The maximum Gasteiger partial charge on any atom is 0.256 e. The van der Waals surface area contributed by atoms with Gasteiger partial charge in [-0.3, -0.25) is 4.79 Å². The van der Waals surface area contributed by atoms with Crippen molar-refractivity contribution in [1.29, 1.82) is 0 Å². The highest BCUT2D eigenvalue weighted by atomic mass is 19.1. The molecule has 0 aromatic heterocycles. The van der Waals surface area contributed by atoms with Crippen LogP contribution in [0.2, 0.25) is 0 Å². The Hall–Kier alpha value is -1.65. The Morgan fingerprint density at radius 1 is 1.41 bits per heavy atom. The molecule has 0 spiro atoms. The predicted molar refractivity (Wildman–Crippen MR) is 62.6 cm³/mol. The predicted octanol–water partition coefficient (Wildman–Crippen LogP) is 2.42. The summed E-state index contributed by atoms with van der Waals surface area (Å²) < 4.78 is 26.4. The Balaban J connectivity index is 3.08. The lowest BCUT2D eigenvalue weighted by atomic mass is 10.1. The second-order valence-corrected chi connectivity index (χ2v) is 4.03. The maximum absolute atomic E-state index is 13.5. The highest BCUT2D eigenvalue weighted by molar-refractivity contribution is 5.95. The van der Waals surface area contributed by atoms with Crippen molar-refractivity contribution >= 4 is 11.6 Å². The number of halogens is 2. The first-order valence-corrected chi connectivity index (χ1v) is 5.40. The van der Waals surface area contributed by atoms with E-state index in [0.29, 0.717) is 6.07 Å². The molecular weight excluding hydrogens is 226 g/mol. The Morgan fingerprint density at radius 3 is 2.53 bits per heavy atom. The first kappa shape index (κ1) is 13.4. The van der Waals surface area contributed by atoms with Gasteiger partial charge in [-0.25, -0.2) is 8.78 Å². The molecular formula is C12H16F2N2O. The average Bonchev–Trinajstić information content (AvgIpc) is 2.31. The summed E-state index contributed by atoms with van der Waals surface area (Å²) >= 11 is 0. The minimum atomic E-state index is -0.892. The molecule has 94 valence electrons. The van der Waals surface area contributed by atoms with E-state index < -0.39 is 17.5 Å². The SMILES string of the molecule is CCC(C)N(C)C(=O)c1cc(N)c(F)cc1F. The molecule has 0 radical (unpaired) electrons. The van der Waals surface area contributed by atoms with Crippen molar-refractivity contribution in [1.82, 2.24) is 4.90 Å². The number of rotatable bonds is 3. The van der Waals surface area contributed by atoms with Crippen LogP contribution in [0.5, 0.6) is 0 Å². The van der Waals surface area contributed by atoms with Crippen molar-refractivity contribution in [3.05, 3.63) is 29.3 Å². The summed E-state index contributed by atoms with van der Waals surface area (Å²) in [5.74, 6) is -2.24. The summed E-state index contributed by atoms with van der Waals surface area (Å²) in [6, 6.07) is 1.65. The van der Waals surface area contributed by atoms with E-state index in [2.05, 4.69) is 0 Å². The van der Waals surface area contributed by atoms with Crippen LogP contribution >= 0.6 is 0 Å². The second-order valence-electron chi connectivity index (χ2n) is 4.03. The van der Waals surface area contributed by atoms with Crippen molar-refractivity contribution in [2.75, 3.05) is 12.8 Å². The lowest BCUT2D eigenvalue weighted by Crippen LogP contribution is -2.35. The number of carbonyl (C=O) groups is 1. The molecule has 0 aliphatic heterocycles. The van der Waals surface area contributed by atoms with Gasteiger partial charge in [-0.1, -0.05) is 6.92 Å². The van der Waals surface area contributed by atoms with Gasteiger partial charge < -0.3 is 10.6 Å². The molecule has 3 nitrogen and oxygen atoms in total. The monoisotopic (exact) mass is 242 g/mol.